The molecule has 2 rings (SSSR count). The Balaban J connectivity index is 2.15. The molecule has 90 valence electrons. The van der Waals surface area contributed by atoms with Crippen molar-refractivity contribution in [2.45, 2.75) is 19.4 Å². The van der Waals surface area contributed by atoms with Gasteiger partial charge >= 0.3 is 0 Å². The predicted molar refractivity (Wildman–Crippen MR) is 71.6 cm³/mol. The molecule has 1 aromatic heterocycles. The van der Waals surface area contributed by atoms with E-state index < -0.39 is 0 Å². The van der Waals surface area contributed by atoms with Crippen molar-refractivity contribution >= 4 is 27.3 Å². The Bertz CT molecular complexity index is 527. The Kier molecular flexibility index (Phi) is 3.91. The summed E-state index contributed by atoms with van der Waals surface area (Å²) in [5.74, 6) is -0.247. The lowest BCUT2D eigenvalue weighted by atomic mass is 10.1. The van der Waals surface area contributed by atoms with E-state index >= 15 is 0 Å². The van der Waals surface area contributed by atoms with E-state index in [2.05, 4.69) is 20.9 Å². The van der Waals surface area contributed by atoms with E-state index in [4.69, 9.17) is 5.73 Å². The van der Waals surface area contributed by atoms with Crippen molar-refractivity contribution in [2.75, 3.05) is 0 Å². The van der Waals surface area contributed by atoms with Gasteiger partial charge in [-0.15, -0.1) is 11.3 Å². The number of rotatable bonds is 3. The van der Waals surface area contributed by atoms with Gasteiger partial charge in [-0.2, -0.15) is 0 Å². The highest BCUT2D eigenvalue weighted by Gasteiger charge is 2.12. The fourth-order valence-electron chi connectivity index (χ4n) is 1.57. The van der Waals surface area contributed by atoms with Gasteiger partial charge in [-0.3, -0.25) is 0 Å². The van der Waals surface area contributed by atoms with E-state index in [1.165, 1.54) is 12.1 Å². The van der Waals surface area contributed by atoms with Gasteiger partial charge in [-0.25, -0.2) is 9.37 Å². The quantitative estimate of drug-likeness (QED) is 0.940. The molecule has 0 bridgehead atoms. The number of hydrogen-bond donors (Lipinski definition) is 1. The Labute approximate surface area is 112 Å². The van der Waals surface area contributed by atoms with E-state index in [-0.39, 0.29) is 11.9 Å². The van der Waals surface area contributed by atoms with Crippen molar-refractivity contribution in [2.24, 2.45) is 5.73 Å². The molecule has 1 heterocycles. The maximum atomic E-state index is 12.9. The van der Waals surface area contributed by atoms with Crippen LogP contribution in [0.1, 0.15) is 21.5 Å². The van der Waals surface area contributed by atoms with Crippen LogP contribution in [-0.2, 0) is 6.42 Å². The van der Waals surface area contributed by atoms with E-state index in [9.17, 15) is 4.39 Å². The zero-order chi connectivity index (χ0) is 12.4. The van der Waals surface area contributed by atoms with E-state index in [1.54, 1.807) is 17.4 Å². The summed E-state index contributed by atoms with van der Waals surface area (Å²) in [5, 5.41) is 1.01. The molecular formula is C12H12BrFN2S. The maximum Gasteiger partial charge on any atom is 0.124 e. The van der Waals surface area contributed by atoms with Gasteiger partial charge in [-0.05, 0) is 31.0 Å². The molecule has 1 aromatic carbocycles. The van der Waals surface area contributed by atoms with Gasteiger partial charge in [0.05, 0.1) is 5.01 Å². The second kappa shape index (κ2) is 5.25. The summed E-state index contributed by atoms with van der Waals surface area (Å²) in [6.45, 7) is 1.95. The molecule has 0 fully saturated rings. The molecule has 17 heavy (non-hydrogen) atoms. The zero-order valence-electron chi connectivity index (χ0n) is 9.28. The van der Waals surface area contributed by atoms with Gasteiger partial charge < -0.3 is 5.73 Å². The van der Waals surface area contributed by atoms with Crippen LogP contribution in [0.2, 0.25) is 0 Å². The molecule has 2 aromatic rings. The molecule has 2 nitrogen and oxygen atoms in total. The van der Waals surface area contributed by atoms with Gasteiger partial charge in [0.25, 0.3) is 0 Å². The minimum atomic E-state index is -0.247. The van der Waals surface area contributed by atoms with Crippen LogP contribution >= 0.6 is 27.3 Å². The molecule has 1 unspecified atom stereocenters. The second-order valence-electron chi connectivity index (χ2n) is 3.83. The molecule has 0 saturated heterocycles. The molecule has 0 aliphatic carbocycles. The molecule has 0 radical (unpaired) electrons. The summed E-state index contributed by atoms with van der Waals surface area (Å²) in [6, 6.07) is 4.57. The van der Waals surface area contributed by atoms with Crippen molar-refractivity contribution in [3.8, 4) is 0 Å². The van der Waals surface area contributed by atoms with E-state index in [1.807, 2.05) is 13.1 Å². The first-order valence-corrected chi connectivity index (χ1v) is 6.79. The fourth-order valence-corrected chi connectivity index (χ4v) is 2.87. The summed E-state index contributed by atoms with van der Waals surface area (Å²) < 4.78 is 13.7. The molecule has 5 heteroatoms. The summed E-state index contributed by atoms with van der Waals surface area (Å²) >= 11 is 4.94. The van der Waals surface area contributed by atoms with Crippen LogP contribution in [0.3, 0.4) is 0 Å². The minimum absolute atomic E-state index is 0.0945. The first kappa shape index (κ1) is 12.7. The molecule has 0 saturated carbocycles. The van der Waals surface area contributed by atoms with Gasteiger partial charge in [0, 0.05) is 21.6 Å². The van der Waals surface area contributed by atoms with Crippen LogP contribution in [0.15, 0.2) is 28.9 Å². The molecular weight excluding hydrogens is 303 g/mol. The number of nitrogens with zero attached hydrogens (tertiary/aromatic N) is 1. The van der Waals surface area contributed by atoms with Crippen LogP contribution in [0.4, 0.5) is 4.39 Å². The highest BCUT2D eigenvalue weighted by molar-refractivity contribution is 9.10. The Morgan fingerprint density at radius 3 is 2.88 bits per heavy atom. The molecule has 0 aliphatic rings. The number of thiazole rings is 1. The third-order valence-electron chi connectivity index (χ3n) is 2.46. The standard InChI is InChI=1S/C12H12BrFN2S/c1-7-16-6-12(17-7)11(15)4-8-2-3-9(14)5-10(8)13/h2-3,5-6,11H,4,15H2,1H3. The van der Waals surface area contributed by atoms with Crippen molar-refractivity contribution in [3.05, 3.63) is 50.1 Å². The normalized spacial score (nSPS) is 12.7. The number of aryl methyl sites for hydroxylation is 1. The largest absolute Gasteiger partial charge is 0.323 e. The summed E-state index contributed by atoms with van der Waals surface area (Å²) in [7, 11) is 0. The van der Waals surface area contributed by atoms with Gasteiger partial charge in [-0.1, -0.05) is 22.0 Å². The van der Waals surface area contributed by atoms with Crippen molar-refractivity contribution in [1.29, 1.82) is 0 Å². The topological polar surface area (TPSA) is 38.9 Å². The van der Waals surface area contributed by atoms with Crippen molar-refractivity contribution < 1.29 is 4.39 Å². The van der Waals surface area contributed by atoms with Crippen LogP contribution in [0, 0.1) is 12.7 Å². The zero-order valence-corrected chi connectivity index (χ0v) is 11.7. The number of aromatic nitrogens is 1. The fraction of sp³-hybridized carbons (Fsp3) is 0.250. The first-order valence-electron chi connectivity index (χ1n) is 5.18. The Hall–Kier alpha value is -0.780. The highest BCUT2D eigenvalue weighted by Crippen LogP contribution is 2.26. The van der Waals surface area contributed by atoms with E-state index in [0.717, 1.165) is 19.9 Å². The lowest BCUT2D eigenvalue weighted by molar-refractivity contribution is 0.624. The maximum absolute atomic E-state index is 12.9. The monoisotopic (exact) mass is 314 g/mol. The Morgan fingerprint density at radius 2 is 2.29 bits per heavy atom. The predicted octanol–water partition coefficient (Wildman–Crippen LogP) is 3.60. The molecule has 0 amide bonds. The Morgan fingerprint density at radius 1 is 1.53 bits per heavy atom. The summed E-state index contributed by atoms with van der Waals surface area (Å²) in [6.07, 6.45) is 2.48. The van der Waals surface area contributed by atoms with Crippen LogP contribution in [-0.4, -0.2) is 4.98 Å². The third kappa shape index (κ3) is 3.12. The van der Waals surface area contributed by atoms with Crippen LogP contribution in [0.25, 0.3) is 0 Å². The number of halogens is 2. The average molecular weight is 315 g/mol. The van der Waals surface area contributed by atoms with Gasteiger partial charge in [0.1, 0.15) is 5.82 Å². The second-order valence-corrected chi connectivity index (χ2v) is 5.95. The number of benzene rings is 1. The van der Waals surface area contributed by atoms with Crippen molar-refractivity contribution in [3.63, 3.8) is 0 Å². The minimum Gasteiger partial charge on any atom is -0.323 e. The SMILES string of the molecule is Cc1ncc(C(N)Cc2ccc(F)cc2Br)s1. The molecule has 2 N–H and O–H groups in total. The van der Waals surface area contributed by atoms with E-state index in [0.29, 0.717) is 6.42 Å². The molecule has 0 aliphatic heterocycles. The first-order chi connectivity index (χ1) is 8.06. The van der Waals surface area contributed by atoms with Crippen LogP contribution in [0.5, 0.6) is 0 Å². The average Bonchev–Trinajstić information content (AvgIpc) is 2.69. The summed E-state index contributed by atoms with van der Waals surface area (Å²) in [5.41, 5.74) is 7.11. The molecule has 1 atom stereocenters. The van der Waals surface area contributed by atoms with Gasteiger partial charge in [0.2, 0.25) is 0 Å². The lowest BCUT2D eigenvalue weighted by Crippen LogP contribution is -2.12. The van der Waals surface area contributed by atoms with Crippen LogP contribution < -0.4 is 5.73 Å². The van der Waals surface area contributed by atoms with Crippen molar-refractivity contribution in [1.82, 2.24) is 4.98 Å². The highest BCUT2D eigenvalue weighted by atomic mass is 79.9. The number of hydrogen-bond acceptors (Lipinski definition) is 3. The molecule has 0 spiro atoms. The van der Waals surface area contributed by atoms with Gasteiger partial charge in [0.15, 0.2) is 0 Å². The smallest absolute Gasteiger partial charge is 0.124 e. The third-order valence-corrected chi connectivity index (χ3v) is 4.24. The number of nitrogens with two attached hydrogens (primary N) is 1. The summed E-state index contributed by atoms with van der Waals surface area (Å²) in [4.78, 5) is 5.24. The lowest BCUT2D eigenvalue weighted by Gasteiger charge is -2.10.